The molecule has 0 saturated heterocycles. The first kappa shape index (κ1) is 25.5. The number of hydrogen-bond donors (Lipinski definition) is 2. The minimum atomic E-state index is -5.08. The first-order valence-electron chi connectivity index (χ1n) is 10.7. The lowest BCUT2D eigenvalue weighted by Crippen LogP contribution is -2.46. The standard InChI is InChI=1S/C25H21ClF3N3O4/c1-13(17-7-4-14(10-18(17)26)15-5-8-19(22(33)34)30-12-15)24(36,25(27,28)29)16-6-9-20-21(11-16)32(3)23(35)31(20)2/h4-13,36H,1-3H3,(H,33,34)/t13-,24-/m1/s1. The van der Waals surface area contributed by atoms with Crippen molar-refractivity contribution in [1.82, 2.24) is 14.1 Å². The van der Waals surface area contributed by atoms with Crippen LogP contribution in [0.2, 0.25) is 5.02 Å². The fraction of sp³-hybridized carbons (Fsp3) is 0.240. The Morgan fingerprint density at radius 3 is 2.19 bits per heavy atom. The van der Waals surface area contributed by atoms with Crippen LogP contribution in [0.15, 0.2) is 59.5 Å². The zero-order valence-electron chi connectivity index (χ0n) is 19.3. The van der Waals surface area contributed by atoms with Gasteiger partial charge in [-0.15, -0.1) is 0 Å². The minimum Gasteiger partial charge on any atom is -0.477 e. The molecule has 2 atom stereocenters. The van der Waals surface area contributed by atoms with Gasteiger partial charge in [0.25, 0.3) is 0 Å². The average molecular weight is 520 g/mol. The molecular weight excluding hydrogens is 499 g/mol. The number of fused-ring (bicyclic) bond motifs is 1. The quantitative estimate of drug-likeness (QED) is 0.393. The Bertz CT molecular complexity index is 1540. The van der Waals surface area contributed by atoms with Crippen molar-refractivity contribution in [3.8, 4) is 11.1 Å². The SMILES string of the molecule is C[C@H](c1ccc(-c2ccc(C(=O)O)nc2)cc1Cl)[C@@](O)(c1ccc2c(c1)n(C)c(=O)n2C)C(F)(F)F. The molecule has 0 fully saturated rings. The molecule has 2 N–H and O–H groups in total. The molecule has 188 valence electrons. The third kappa shape index (κ3) is 3.96. The Morgan fingerprint density at radius 1 is 1.00 bits per heavy atom. The van der Waals surface area contributed by atoms with Crippen molar-refractivity contribution >= 4 is 28.6 Å². The van der Waals surface area contributed by atoms with Gasteiger partial charge in [-0.1, -0.05) is 42.8 Å². The number of imidazole rings is 1. The second kappa shape index (κ2) is 8.79. The number of benzene rings is 2. The first-order valence-corrected chi connectivity index (χ1v) is 11.1. The second-order valence-electron chi connectivity index (χ2n) is 8.56. The van der Waals surface area contributed by atoms with Crippen LogP contribution >= 0.6 is 11.6 Å². The third-order valence-corrected chi connectivity index (χ3v) is 6.88. The summed E-state index contributed by atoms with van der Waals surface area (Å²) in [6, 6.07) is 10.9. The van der Waals surface area contributed by atoms with E-state index in [2.05, 4.69) is 4.98 Å². The van der Waals surface area contributed by atoms with Gasteiger partial charge in [0.1, 0.15) is 5.69 Å². The summed E-state index contributed by atoms with van der Waals surface area (Å²) in [4.78, 5) is 27.1. The molecule has 2 aromatic heterocycles. The lowest BCUT2D eigenvalue weighted by molar-refractivity contribution is -0.274. The summed E-state index contributed by atoms with van der Waals surface area (Å²) in [5.41, 5.74) is -2.56. The number of aryl methyl sites for hydroxylation is 2. The number of rotatable bonds is 5. The Hall–Kier alpha value is -3.63. The minimum absolute atomic E-state index is 0.0156. The van der Waals surface area contributed by atoms with E-state index in [0.29, 0.717) is 16.6 Å². The van der Waals surface area contributed by atoms with Gasteiger partial charge in [-0.25, -0.2) is 14.6 Å². The summed E-state index contributed by atoms with van der Waals surface area (Å²) in [6.45, 7) is 1.23. The van der Waals surface area contributed by atoms with Crippen LogP contribution in [0.1, 0.15) is 34.5 Å². The molecule has 0 spiro atoms. The van der Waals surface area contributed by atoms with Gasteiger partial charge in [-0.3, -0.25) is 9.13 Å². The van der Waals surface area contributed by atoms with E-state index in [1.807, 2.05) is 0 Å². The predicted octanol–water partition coefficient (Wildman–Crippen LogP) is 4.84. The van der Waals surface area contributed by atoms with Gasteiger partial charge >= 0.3 is 17.8 Å². The number of aromatic nitrogens is 3. The molecule has 0 aliphatic rings. The Morgan fingerprint density at radius 2 is 1.64 bits per heavy atom. The van der Waals surface area contributed by atoms with Crippen LogP contribution in [0, 0.1) is 0 Å². The molecule has 11 heteroatoms. The lowest BCUT2D eigenvalue weighted by Gasteiger charge is -2.37. The predicted molar refractivity (Wildman–Crippen MR) is 128 cm³/mol. The van der Waals surface area contributed by atoms with Crippen molar-refractivity contribution in [2.24, 2.45) is 14.1 Å². The van der Waals surface area contributed by atoms with Crippen LogP contribution < -0.4 is 5.69 Å². The number of alkyl halides is 3. The average Bonchev–Trinajstić information content (AvgIpc) is 3.05. The summed E-state index contributed by atoms with van der Waals surface area (Å²) in [6.07, 6.45) is -3.75. The topological polar surface area (TPSA) is 97.3 Å². The second-order valence-corrected chi connectivity index (χ2v) is 8.97. The van der Waals surface area contributed by atoms with E-state index in [4.69, 9.17) is 16.7 Å². The van der Waals surface area contributed by atoms with Crippen LogP contribution in [0.5, 0.6) is 0 Å². The number of halogens is 4. The van der Waals surface area contributed by atoms with E-state index < -0.39 is 34.9 Å². The molecule has 36 heavy (non-hydrogen) atoms. The summed E-state index contributed by atoms with van der Waals surface area (Å²) in [7, 11) is 2.95. The molecule has 0 unspecified atom stereocenters. The van der Waals surface area contributed by atoms with E-state index in [0.717, 1.165) is 6.07 Å². The van der Waals surface area contributed by atoms with E-state index in [1.165, 1.54) is 78.8 Å². The number of hydrogen-bond acceptors (Lipinski definition) is 4. The summed E-state index contributed by atoms with van der Waals surface area (Å²) in [5, 5.41) is 20.2. The molecule has 0 radical (unpaired) electrons. The van der Waals surface area contributed by atoms with Crippen molar-refractivity contribution in [2.75, 3.05) is 0 Å². The van der Waals surface area contributed by atoms with Crippen LogP contribution in [0.25, 0.3) is 22.2 Å². The molecule has 0 saturated carbocycles. The Labute approximate surface area is 208 Å². The Kier molecular flexibility index (Phi) is 6.22. The normalized spacial score (nSPS) is 14.6. The number of pyridine rings is 1. The molecule has 0 amide bonds. The highest BCUT2D eigenvalue weighted by atomic mass is 35.5. The van der Waals surface area contributed by atoms with Gasteiger partial charge < -0.3 is 10.2 Å². The summed E-state index contributed by atoms with van der Waals surface area (Å²) < 4.78 is 45.9. The molecule has 7 nitrogen and oxygen atoms in total. The highest BCUT2D eigenvalue weighted by Crippen LogP contribution is 2.50. The number of aliphatic hydroxyl groups is 1. The molecule has 4 rings (SSSR count). The number of nitrogens with zero attached hydrogens (tertiary/aromatic N) is 3. The maximum Gasteiger partial charge on any atom is 0.422 e. The van der Waals surface area contributed by atoms with Crippen LogP contribution in [-0.4, -0.2) is 36.5 Å². The molecule has 0 aliphatic carbocycles. The monoisotopic (exact) mass is 519 g/mol. The highest BCUT2D eigenvalue weighted by Gasteiger charge is 2.59. The fourth-order valence-corrected chi connectivity index (χ4v) is 4.72. The smallest absolute Gasteiger partial charge is 0.422 e. The third-order valence-electron chi connectivity index (χ3n) is 6.55. The number of aromatic carboxylic acids is 1. The molecule has 2 heterocycles. The summed E-state index contributed by atoms with van der Waals surface area (Å²) in [5.74, 6) is -2.71. The van der Waals surface area contributed by atoms with Crippen LogP contribution in [-0.2, 0) is 19.7 Å². The van der Waals surface area contributed by atoms with Gasteiger partial charge in [-0.05, 0) is 41.0 Å². The zero-order valence-corrected chi connectivity index (χ0v) is 20.1. The fourth-order valence-electron chi connectivity index (χ4n) is 4.38. The van der Waals surface area contributed by atoms with Crippen molar-refractivity contribution in [3.63, 3.8) is 0 Å². The summed E-state index contributed by atoms with van der Waals surface area (Å²) >= 11 is 6.40. The molecule has 2 aromatic carbocycles. The van der Waals surface area contributed by atoms with Gasteiger partial charge in [-0.2, -0.15) is 13.2 Å². The largest absolute Gasteiger partial charge is 0.477 e. The van der Waals surface area contributed by atoms with Gasteiger partial charge in [0.2, 0.25) is 0 Å². The maximum absolute atomic E-state index is 14.5. The maximum atomic E-state index is 14.5. The van der Waals surface area contributed by atoms with Crippen LogP contribution in [0.4, 0.5) is 13.2 Å². The van der Waals surface area contributed by atoms with E-state index in [-0.39, 0.29) is 21.8 Å². The van der Waals surface area contributed by atoms with Crippen LogP contribution in [0.3, 0.4) is 0 Å². The lowest BCUT2D eigenvalue weighted by atomic mass is 9.77. The highest BCUT2D eigenvalue weighted by molar-refractivity contribution is 6.31. The molecule has 0 bridgehead atoms. The van der Waals surface area contributed by atoms with Crippen molar-refractivity contribution in [2.45, 2.75) is 24.6 Å². The van der Waals surface area contributed by atoms with Crippen molar-refractivity contribution in [3.05, 3.63) is 87.1 Å². The molecular formula is C25H21ClF3N3O4. The first-order chi connectivity index (χ1) is 16.8. The van der Waals surface area contributed by atoms with Gasteiger partial charge in [0, 0.05) is 36.8 Å². The molecule has 4 aromatic rings. The number of carboxylic acid groups (broad SMARTS) is 1. The number of carbonyl (C=O) groups is 1. The Balaban J connectivity index is 1.80. The molecule has 0 aliphatic heterocycles. The van der Waals surface area contributed by atoms with Crippen molar-refractivity contribution in [1.29, 1.82) is 0 Å². The van der Waals surface area contributed by atoms with E-state index in [9.17, 15) is 27.9 Å². The zero-order chi connectivity index (χ0) is 26.6. The van der Waals surface area contributed by atoms with Gasteiger partial charge in [0.15, 0.2) is 5.60 Å². The van der Waals surface area contributed by atoms with E-state index in [1.54, 1.807) is 0 Å². The van der Waals surface area contributed by atoms with E-state index >= 15 is 0 Å². The van der Waals surface area contributed by atoms with Crippen molar-refractivity contribution < 1.29 is 28.2 Å². The van der Waals surface area contributed by atoms with Gasteiger partial charge in [0.05, 0.1) is 11.0 Å². The number of carboxylic acids is 1.